The topological polar surface area (TPSA) is 62.2 Å². The molecule has 1 aromatic heterocycles. The van der Waals surface area contributed by atoms with E-state index < -0.39 is 6.10 Å². The molecule has 0 unspecified atom stereocenters. The molecule has 0 bridgehead atoms. The van der Waals surface area contributed by atoms with Crippen LogP contribution in [0, 0.1) is 5.82 Å². The number of hydrogen-bond donors (Lipinski definition) is 2. The number of aliphatic hydroxyl groups excluding tert-OH is 1. The molecular weight excluding hydrogens is 319 g/mol. The van der Waals surface area contributed by atoms with Crippen molar-refractivity contribution in [2.75, 3.05) is 6.54 Å². The van der Waals surface area contributed by atoms with E-state index in [9.17, 15) is 14.3 Å². The van der Waals surface area contributed by atoms with Gasteiger partial charge in [0.05, 0.1) is 6.10 Å². The number of rotatable bonds is 5. The predicted molar refractivity (Wildman–Crippen MR) is 93.4 cm³/mol. The number of aliphatic hydroxyl groups is 1. The molecule has 25 heavy (non-hydrogen) atoms. The number of nitrogens with zero attached hydrogens (tertiary/aromatic N) is 1. The quantitative estimate of drug-likeness (QED) is 0.751. The van der Waals surface area contributed by atoms with Gasteiger partial charge >= 0.3 is 0 Å². The average molecular weight is 336 g/mol. The van der Waals surface area contributed by atoms with Gasteiger partial charge in [-0.2, -0.15) is 0 Å². The second-order valence-electron chi connectivity index (χ2n) is 5.60. The maximum atomic E-state index is 13.4. The van der Waals surface area contributed by atoms with Crippen LogP contribution in [0.2, 0.25) is 0 Å². The van der Waals surface area contributed by atoms with E-state index in [2.05, 4.69) is 10.3 Å². The van der Waals surface area contributed by atoms with Gasteiger partial charge in [0.25, 0.3) is 5.91 Å². The standard InChI is InChI=1S/C20H17FN2O2/c21-18-8-2-5-15(11-18)14-4-1-6-16(10-14)20(25)23-13-19(24)17-7-3-9-22-12-17/h1-12,19,24H,13H2,(H,23,25)/t19-/m1/s1. The zero-order chi connectivity index (χ0) is 17.6. The van der Waals surface area contributed by atoms with E-state index in [1.54, 1.807) is 54.9 Å². The van der Waals surface area contributed by atoms with Gasteiger partial charge in [-0.05, 0) is 41.5 Å². The van der Waals surface area contributed by atoms with Gasteiger partial charge in [-0.15, -0.1) is 0 Å². The Morgan fingerprint density at radius 1 is 1.08 bits per heavy atom. The summed E-state index contributed by atoms with van der Waals surface area (Å²) in [5.41, 5.74) is 2.53. The molecule has 3 aromatic rings. The molecule has 1 heterocycles. The summed E-state index contributed by atoms with van der Waals surface area (Å²) in [6.07, 6.45) is 2.35. The van der Waals surface area contributed by atoms with E-state index in [4.69, 9.17) is 0 Å². The number of benzene rings is 2. The summed E-state index contributed by atoms with van der Waals surface area (Å²) in [7, 11) is 0. The summed E-state index contributed by atoms with van der Waals surface area (Å²) in [4.78, 5) is 16.3. The normalized spacial score (nSPS) is 11.8. The number of pyridine rings is 1. The number of carbonyl (C=O) groups excluding carboxylic acids is 1. The molecule has 5 heteroatoms. The zero-order valence-corrected chi connectivity index (χ0v) is 13.4. The van der Waals surface area contributed by atoms with Crippen molar-refractivity contribution in [3.8, 4) is 11.1 Å². The highest BCUT2D eigenvalue weighted by Crippen LogP contribution is 2.21. The Bertz CT molecular complexity index is 868. The van der Waals surface area contributed by atoms with Crippen molar-refractivity contribution in [1.29, 1.82) is 0 Å². The van der Waals surface area contributed by atoms with Gasteiger partial charge in [0, 0.05) is 30.1 Å². The van der Waals surface area contributed by atoms with Gasteiger partial charge in [-0.3, -0.25) is 9.78 Å². The third-order valence-electron chi connectivity index (χ3n) is 3.81. The first-order valence-electron chi connectivity index (χ1n) is 7.85. The van der Waals surface area contributed by atoms with Crippen molar-refractivity contribution in [2.24, 2.45) is 0 Å². The summed E-state index contributed by atoms with van der Waals surface area (Å²) in [5, 5.41) is 12.8. The lowest BCUT2D eigenvalue weighted by Crippen LogP contribution is -2.28. The van der Waals surface area contributed by atoms with Gasteiger partial charge in [0.1, 0.15) is 5.82 Å². The van der Waals surface area contributed by atoms with E-state index in [1.165, 1.54) is 12.1 Å². The van der Waals surface area contributed by atoms with E-state index in [-0.39, 0.29) is 18.3 Å². The lowest BCUT2D eigenvalue weighted by atomic mass is 10.0. The Morgan fingerprint density at radius 3 is 2.56 bits per heavy atom. The van der Waals surface area contributed by atoms with Crippen LogP contribution in [-0.2, 0) is 0 Å². The average Bonchev–Trinajstić information content (AvgIpc) is 2.66. The number of nitrogens with one attached hydrogen (secondary N) is 1. The molecule has 0 aliphatic rings. The molecule has 0 aliphatic carbocycles. The van der Waals surface area contributed by atoms with Crippen LogP contribution in [0.1, 0.15) is 22.0 Å². The third-order valence-corrected chi connectivity index (χ3v) is 3.81. The number of hydrogen-bond acceptors (Lipinski definition) is 3. The minimum absolute atomic E-state index is 0.0781. The molecule has 0 spiro atoms. The van der Waals surface area contributed by atoms with Gasteiger partial charge < -0.3 is 10.4 Å². The molecule has 4 nitrogen and oxygen atoms in total. The summed E-state index contributed by atoms with van der Waals surface area (Å²) in [6.45, 7) is 0.0781. The van der Waals surface area contributed by atoms with E-state index in [0.29, 0.717) is 16.7 Å². The van der Waals surface area contributed by atoms with Crippen molar-refractivity contribution >= 4 is 5.91 Å². The SMILES string of the molecule is O=C(NC[C@@H](O)c1cccnc1)c1cccc(-c2cccc(F)c2)c1. The lowest BCUT2D eigenvalue weighted by Gasteiger charge is -2.12. The van der Waals surface area contributed by atoms with Gasteiger partial charge in [0.2, 0.25) is 0 Å². The highest BCUT2D eigenvalue weighted by atomic mass is 19.1. The second-order valence-corrected chi connectivity index (χ2v) is 5.60. The van der Waals surface area contributed by atoms with Crippen LogP contribution >= 0.6 is 0 Å². The Hall–Kier alpha value is -3.05. The lowest BCUT2D eigenvalue weighted by molar-refractivity contribution is 0.0916. The van der Waals surface area contributed by atoms with Crippen LogP contribution in [0.4, 0.5) is 4.39 Å². The van der Waals surface area contributed by atoms with Gasteiger partial charge in [-0.1, -0.05) is 30.3 Å². The molecule has 0 saturated heterocycles. The number of amides is 1. The van der Waals surface area contributed by atoms with E-state index in [0.717, 1.165) is 5.56 Å². The smallest absolute Gasteiger partial charge is 0.251 e. The fourth-order valence-electron chi connectivity index (χ4n) is 2.49. The van der Waals surface area contributed by atoms with Crippen LogP contribution in [-0.4, -0.2) is 22.5 Å². The summed E-state index contributed by atoms with van der Waals surface area (Å²) in [5.74, 6) is -0.631. The first-order chi connectivity index (χ1) is 12.1. The van der Waals surface area contributed by atoms with Gasteiger partial charge in [-0.25, -0.2) is 4.39 Å². The predicted octanol–water partition coefficient (Wildman–Crippen LogP) is 3.35. The Morgan fingerprint density at radius 2 is 1.84 bits per heavy atom. The first kappa shape index (κ1) is 16.8. The van der Waals surface area contributed by atoms with Crippen LogP contribution < -0.4 is 5.32 Å². The zero-order valence-electron chi connectivity index (χ0n) is 13.4. The second kappa shape index (κ2) is 7.68. The maximum absolute atomic E-state index is 13.4. The largest absolute Gasteiger partial charge is 0.387 e. The molecule has 0 radical (unpaired) electrons. The van der Waals surface area contributed by atoms with Crippen LogP contribution in [0.15, 0.2) is 73.1 Å². The fourth-order valence-corrected chi connectivity index (χ4v) is 2.49. The number of aromatic nitrogens is 1. The molecule has 0 saturated carbocycles. The summed E-state index contributed by atoms with van der Waals surface area (Å²) in [6, 6.07) is 16.6. The fraction of sp³-hybridized carbons (Fsp3) is 0.100. The van der Waals surface area contributed by atoms with Crippen molar-refractivity contribution in [3.63, 3.8) is 0 Å². The highest BCUT2D eigenvalue weighted by Gasteiger charge is 2.11. The molecule has 1 amide bonds. The van der Waals surface area contributed by atoms with Crippen molar-refractivity contribution in [3.05, 3.63) is 90.0 Å². The number of carbonyl (C=O) groups is 1. The molecule has 3 rings (SSSR count). The Balaban J connectivity index is 1.69. The molecular formula is C20H17FN2O2. The van der Waals surface area contributed by atoms with E-state index in [1.807, 2.05) is 6.07 Å². The van der Waals surface area contributed by atoms with Gasteiger partial charge in [0.15, 0.2) is 0 Å². The molecule has 0 fully saturated rings. The van der Waals surface area contributed by atoms with Crippen LogP contribution in [0.25, 0.3) is 11.1 Å². The minimum Gasteiger partial charge on any atom is -0.387 e. The van der Waals surface area contributed by atoms with Crippen molar-refractivity contribution in [2.45, 2.75) is 6.10 Å². The summed E-state index contributed by atoms with van der Waals surface area (Å²) >= 11 is 0. The summed E-state index contributed by atoms with van der Waals surface area (Å²) < 4.78 is 13.4. The Kier molecular flexibility index (Phi) is 5.16. The molecule has 2 aromatic carbocycles. The van der Waals surface area contributed by atoms with Crippen molar-refractivity contribution < 1.29 is 14.3 Å². The monoisotopic (exact) mass is 336 g/mol. The van der Waals surface area contributed by atoms with Crippen LogP contribution in [0.5, 0.6) is 0 Å². The minimum atomic E-state index is -0.830. The molecule has 0 aliphatic heterocycles. The molecule has 1 atom stereocenters. The Labute approximate surface area is 145 Å². The molecule has 2 N–H and O–H groups in total. The first-order valence-corrected chi connectivity index (χ1v) is 7.85. The maximum Gasteiger partial charge on any atom is 0.251 e. The van der Waals surface area contributed by atoms with E-state index >= 15 is 0 Å². The van der Waals surface area contributed by atoms with Crippen LogP contribution in [0.3, 0.4) is 0 Å². The van der Waals surface area contributed by atoms with Crippen molar-refractivity contribution in [1.82, 2.24) is 10.3 Å². The molecule has 126 valence electrons. The number of halogens is 1. The highest BCUT2D eigenvalue weighted by molar-refractivity contribution is 5.95. The third kappa shape index (κ3) is 4.28.